The number of nitrogens with one attached hydrogen (secondary N) is 1. The average molecular weight is 291 g/mol. The predicted molar refractivity (Wildman–Crippen MR) is 74.2 cm³/mol. The summed E-state index contributed by atoms with van der Waals surface area (Å²) in [6.45, 7) is 3.09. The fraction of sp³-hybridized carbons (Fsp3) is 0.417. The molecule has 3 N–H and O–H groups in total. The molecule has 0 fully saturated rings. The lowest BCUT2D eigenvalue weighted by Gasteiger charge is -2.12. The van der Waals surface area contributed by atoms with Crippen molar-refractivity contribution in [2.24, 2.45) is 5.92 Å². The zero-order valence-electron chi connectivity index (χ0n) is 10.3. The Morgan fingerprint density at radius 2 is 2.00 bits per heavy atom. The minimum Gasteiger partial charge on any atom is -0.396 e. The number of rotatable bonds is 5. The molecule has 0 radical (unpaired) electrons. The van der Waals surface area contributed by atoms with Gasteiger partial charge in [-0.15, -0.1) is 0 Å². The van der Waals surface area contributed by atoms with Gasteiger partial charge in [0.15, 0.2) is 0 Å². The van der Waals surface area contributed by atoms with E-state index in [1.54, 1.807) is 7.11 Å². The van der Waals surface area contributed by atoms with Gasteiger partial charge in [-0.1, -0.05) is 30.1 Å². The van der Waals surface area contributed by atoms with Crippen LogP contribution in [0.2, 0.25) is 10.0 Å². The first kappa shape index (κ1) is 15.1. The third kappa shape index (κ3) is 4.05. The molecule has 1 aromatic rings. The second-order valence-electron chi connectivity index (χ2n) is 4.12. The number of hydrogen-bond acceptors (Lipinski definition) is 3. The molecular formula is C12H16Cl2N2O2. The maximum Gasteiger partial charge on any atom is 0.251 e. The van der Waals surface area contributed by atoms with Crippen molar-refractivity contribution in [3.05, 3.63) is 27.7 Å². The van der Waals surface area contributed by atoms with E-state index in [1.165, 1.54) is 12.1 Å². The first-order valence-corrected chi connectivity index (χ1v) is 6.23. The molecule has 1 amide bonds. The Morgan fingerprint density at radius 1 is 1.44 bits per heavy atom. The van der Waals surface area contributed by atoms with Gasteiger partial charge >= 0.3 is 0 Å². The van der Waals surface area contributed by atoms with E-state index in [0.29, 0.717) is 18.7 Å². The number of nitrogen functional groups attached to an aromatic ring is 1. The fourth-order valence-electron chi connectivity index (χ4n) is 1.43. The summed E-state index contributed by atoms with van der Waals surface area (Å²) in [6.07, 6.45) is 0. The molecule has 0 saturated carbocycles. The normalized spacial score (nSPS) is 12.2. The molecule has 0 spiro atoms. The number of amides is 1. The van der Waals surface area contributed by atoms with Gasteiger partial charge in [0.2, 0.25) is 0 Å². The highest BCUT2D eigenvalue weighted by molar-refractivity contribution is 6.39. The highest BCUT2D eigenvalue weighted by Gasteiger charge is 2.12. The molecule has 1 unspecified atom stereocenters. The van der Waals surface area contributed by atoms with E-state index >= 15 is 0 Å². The van der Waals surface area contributed by atoms with E-state index in [2.05, 4.69) is 5.32 Å². The van der Waals surface area contributed by atoms with Crippen molar-refractivity contribution in [2.45, 2.75) is 6.92 Å². The number of halogens is 2. The summed E-state index contributed by atoms with van der Waals surface area (Å²) in [5.74, 6) is 0.000397. The van der Waals surface area contributed by atoms with Gasteiger partial charge in [0, 0.05) is 19.2 Å². The van der Waals surface area contributed by atoms with Crippen molar-refractivity contribution >= 4 is 34.8 Å². The predicted octanol–water partition coefficient (Wildman–Crippen LogP) is 2.59. The van der Waals surface area contributed by atoms with Crippen molar-refractivity contribution in [1.29, 1.82) is 0 Å². The molecule has 0 aliphatic heterocycles. The second-order valence-corrected chi connectivity index (χ2v) is 4.94. The van der Waals surface area contributed by atoms with Gasteiger partial charge in [0.25, 0.3) is 5.91 Å². The molecule has 0 saturated heterocycles. The maximum absolute atomic E-state index is 11.9. The minimum absolute atomic E-state index is 0.234. The third-order valence-corrected chi connectivity index (χ3v) is 3.03. The number of methoxy groups -OCH3 is 1. The van der Waals surface area contributed by atoms with E-state index in [-0.39, 0.29) is 27.6 Å². The highest BCUT2D eigenvalue weighted by Crippen LogP contribution is 2.28. The molecule has 1 rings (SSSR count). The Hall–Kier alpha value is -0.970. The van der Waals surface area contributed by atoms with E-state index in [9.17, 15) is 4.79 Å². The van der Waals surface area contributed by atoms with Gasteiger partial charge in [0.1, 0.15) is 0 Å². The number of carbonyl (C=O) groups excluding carboxylic acids is 1. The Balaban J connectivity index is 2.67. The van der Waals surface area contributed by atoms with Crippen LogP contribution in [0.15, 0.2) is 12.1 Å². The van der Waals surface area contributed by atoms with Crippen molar-refractivity contribution < 1.29 is 9.53 Å². The van der Waals surface area contributed by atoms with E-state index in [0.717, 1.165) is 0 Å². The molecule has 6 heteroatoms. The van der Waals surface area contributed by atoms with Crippen LogP contribution in [0, 0.1) is 5.92 Å². The number of benzene rings is 1. The topological polar surface area (TPSA) is 64.3 Å². The van der Waals surface area contributed by atoms with Gasteiger partial charge in [0.05, 0.1) is 22.3 Å². The van der Waals surface area contributed by atoms with Gasteiger partial charge in [-0.2, -0.15) is 0 Å². The summed E-state index contributed by atoms with van der Waals surface area (Å²) in [4.78, 5) is 11.9. The number of anilines is 1. The molecule has 1 aromatic carbocycles. The number of nitrogens with two attached hydrogens (primary N) is 1. The van der Waals surface area contributed by atoms with Crippen molar-refractivity contribution in [3.8, 4) is 0 Å². The Labute approximate surface area is 116 Å². The lowest BCUT2D eigenvalue weighted by atomic mass is 10.1. The van der Waals surface area contributed by atoms with Crippen LogP contribution in [0.4, 0.5) is 5.69 Å². The minimum atomic E-state index is -0.234. The zero-order valence-corrected chi connectivity index (χ0v) is 11.8. The second kappa shape index (κ2) is 6.83. The first-order chi connectivity index (χ1) is 8.45. The molecule has 0 aromatic heterocycles. The van der Waals surface area contributed by atoms with Crippen molar-refractivity contribution in [2.75, 3.05) is 26.0 Å². The number of ether oxygens (including phenoxy) is 1. The molecule has 4 nitrogen and oxygen atoms in total. The quantitative estimate of drug-likeness (QED) is 0.820. The first-order valence-electron chi connectivity index (χ1n) is 5.47. The Kier molecular flexibility index (Phi) is 5.72. The number of hydrogen-bond donors (Lipinski definition) is 2. The summed E-state index contributed by atoms with van der Waals surface area (Å²) in [5, 5.41) is 3.33. The fourth-order valence-corrected chi connectivity index (χ4v) is 1.91. The monoisotopic (exact) mass is 290 g/mol. The van der Waals surface area contributed by atoms with Crippen LogP contribution < -0.4 is 11.1 Å². The molecule has 0 aliphatic rings. The zero-order chi connectivity index (χ0) is 13.7. The summed E-state index contributed by atoms with van der Waals surface area (Å²) in [7, 11) is 1.62. The van der Waals surface area contributed by atoms with Gasteiger partial charge in [-0.25, -0.2) is 0 Å². The summed E-state index contributed by atoms with van der Waals surface area (Å²) < 4.78 is 4.99. The molecule has 0 aliphatic carbocycles. The molecular weight excluding hydrogens is 275 g/mol. The Morgan fingerprint density at radius 3 is 2.50 bits per heavy atom. The molecule has 0 heterocycles. The lowest BCUT2D eigenvalue weighted by molar-refractivity contribution is 0.0934. The molecule has 100 valence electrons. The van der Waals surface area contributed by atoms with Crippen LogP contribution in [0.5, 0.6) is 0 Å². The standard InChI is InChI=1S/C12H16Cl2N2O2/c1-7(6-18-2)5-16-12(17)8-3-9(13)11(15)10(14)4-8/h3-4,7H,5-6,15H2,1-2H3,(H,16,17). The van der Waals surface area contributed by atoms with Gasteiger partial charge < -0.3 is 15.8 Å². The van der Waals surface area contributed by atoms with Crippen LogP contribution in [0.1, 0.15) is 17.3 Å². The van der Waals surface area contributed by atoms with Crippen LogP contribution >= 0.6 is 23.2 Å². The average Bonchev–Trinajstić information content (AvgIpc) is 2.32. The SMILES string of the molecule is COCC(C)CNC(=O)c1cc(Cl)c(N)c(Cl)c1. The molecule has 0 bridgehead atoms. The Bertz CT molecular complexity index is 415. The van der Waals surface area contributed by atoms with Crippen molar-refractivity contribution in [1.82, 2.24) is 5.32 Å². The highest BCUT2D eigenvalue weighted by atomic mass is 35.5. The van der Waals surface area contributed by atoms with Gasteiger partial charge in [-0.05, 0) is 18.1 Å². The summed E-state index contributed by atoms with van der Waals surface area (Å²) in [6, 6.07) is 3.00. The largest absolute Gasteiger partial charge is 0.396 e. The van der Waals surface area contributed by atoms with Crippen LogP contribution in [-0.4, -0.2) is 26.2 Å². The maximum atomic E-state index is 11.9. The van der Waals surface area contributed by atoms with Crippen LogP contribution in [0.3, 0.4) is 0 Å². The van der Waals surface area contributed by atoms with Crippen LogP contribution in [-0.2, 0) is 4.74 Å². The summed E-state index contributed by atoms with van der Waals surface area (Å²) >= 11 is 11.7. The van der Waals surface area contributed by atoms with E-state index in [4.69, 9.17) is 33.7 Å². The number of carbonyl (C=O) groups is 1. The van der Waals surface area contributed by atoms with E-state index < -0.39 is 0 Å². The summed E-state index contributed by atoms with van der Waals surface area (Å²) in [5.41, 5.74) is 6.27. The van der Waals surface area contributed by atoms with E-state index in [1.807, 2.05) is 6.92 Å². The molecule has 1 atom stereocenters. The van der Waals surface area contributed by atoms with Gasteiger partial charge in [-0.3, -0.25) is 4.79 Å². The molecule has 18 heavy (non-hydrogen) atoms. The van der Waals surface area contributed by atoms with Crippen LogP contribution in [0.25, 0.3) is 0 Å². The third-order valence-electron chi connectivity index (χ3n) is 2.40. The lowest BCUT2D eigenvalue weighted by Crippen LogP contribution is -2.29. The smallest absolute Gasteiger partial charge is 0.251 e. The van der Waals surface area contributed by atoms with Crippen molar-refractivity contribution in [3.63, 3.8) is 0 Å².